The number of rotatable bonds is 6. The van der Waals surface area contributed by atoms with Crippen LogP contribution < -0.4 is 5.32 Å². The van der Waals surface area contributed by atoms with Gasteiger partial charge in [-0.1, -0.05) is 74.7 Å². The second-order valence-corrected chi connectivity index (χ2v) is 11.0. The van der Waals surface area contributed by atoms with Crippen LogP contribution in [0.2, 0.25) is 0 Å². The van der Waals surface area contributed by atoms with Gasteiger partial charge in [0.05, 0.1) is 17.0 Å². The summed E-state index contributed by atoms with van der Waals surface area (Å²) in [6, 6.07) is 21.4. The molecule has 1 N–H and O–H groups in total. The minimum atomic E-state index is -0.419. The van der Waals surface area contributed by atoms with Gasteiger partial charge in [0.2, 0.25) is 5.91 Å². The first-order valence-corrected chi connectivity index (χ1v) is 13.6. The van der Waals surface area contributed by atoms with Gasteiger partial charge in [-0.25, -0.2) is 0 Å². The van der Waals surface area contributed by atoms with Crippen molar-refractivity contribution >= 4 is 16.8 Å². The number of fused-ring (bicyclic) bond motifs is 4. The molecule has 4 aliphatic rings. The van der Waals surface area contributed by atoms with Crippen LogP contribution in [0.5, 0.6) is 0 Å². The minimum absolute atomic E-state index is 0.0304. The van der Waals surface area contributed by atoms with Crippen molar-refractivity contribution in [3.8, 4) is 0 Å². The molecule has 3 saturated heterocycles. The van der Waals surface area contributed by atoms with Crippen molar-refractivity contribution in [1.82, 2.24) is 15.2 Å². The van der Waals surface area contributed by atoms with Gasteiger partial charge in [0, 0.05) is 24.2 Å². The fourth-order valence-electron chi connectivity index (χ4n) is 7.42. The molecule has 4 heteroatoms. The van der Waals surface area contributed by atoms with Crippen molar-refractivity contribution in [3.63, 3.8) is 0 Å². The molecule has 5 atom stereocenters. The zero-order chi connectivity index (χ0) is 23.8. The maximum Gasteiger partial charge on any atom is 0.231 e. The van der Waals surface area contributed by atoms with E-state index in [9.17, 15) is 4.79 Å². The summed E-state index contributed by atoms with van der Waals surface area (Å²) in [6.07, 6.45) is 9.72. The SMILES string of the molecule is CC[C@H]1CN2CC[C@@H]1C[C@@H]2[C@H](NC(=O)C1(c2ccccc2)CCCC1)c1ccnc2ccccc12. The highest BCUT2D eigenvalue weighted by Gasteiger charge is 2.47. The molecule has 4 nitrogen and oxygen atoms in total. The average molecular weight is 468 g/mol. The van der Waals surface area contributed by atoms with Crippen molar-refractivity contribution < 1.29 is 4.79 Å². The summed E-state index contributed by atoms with van der Waals surface area (Å²) in [5.41, 5.74) is 2.98. The quantitative estimate of drug-likeness (QED) is 0.482. The molecule has 1 saturated carbocycles. The number of nitrogens with zero attached hydrogens (tertiary/aromatic N) is 2. The van der Waals surface area contributed by atoms with E-state index >= 15 is 0 Å². The van der Waals surface area contributed by atoms with E-state index in [0.29, 0.717) is 6.04 Å². The summed E-state index contributed by atoms with van der Waals surface area (Å²) in [6.45, 7) is 4.64. The van der Waals surface area contributed by atoms with Crippen LogP contribution in [-0.4, -0.2) is 34.9 Å². The fourth-order valence-corrected chi connectivity index (χ4v) is 7.42. The first-order chi connectivity index (χ1) is 17.2. The summed E-state index contributed by atoms with van der Waals surface area (Å²) in [4.78, 5) is 21.6. The molecule has 2 aromatic carbocycles. The monoisotopic (exact) mass is 467 g/mol. The normalized spacial score (nSPS) is 28.1. The topological polar surface area (TPSA) is 45.2 Å². The van der Waals surface area contributed by atoms with Gasteiger partial charge >= 0.3 is 0 Å². The van der Waals surface area contributed by atoms with Gasteiger partial charge in [0.15, 0.2) is 0 Å². The Morgan fingerprint density at radius 3 is 2.60 bits per heavy atom. The Labute approximate surface area is 209 Å². The molecule has 4 fully saturated rings. The second kappa shape index (κ2) is 9.39. The van der Waals surface area contributed by atoms with Crippen LogP contribution in [-0.2, 0) is 10.2 Å². The number of pyridine rings is 1. The van der Waals surface area contributed by atoms with Crippen molar-refractivity contribution in [2.24, 2.45) is 11.8 Å². The molecule has 1 amide bonds. The van der Waals surface area contributed by atoms with Crippen molar-refractivity contribution in [3.05, 3.63) is 78.0 Å². The Kier molecular flexibility index (Phi) is 6.09. The number of aromatic nitrogens is 1. The van der Waals surface area contributed by atoms with Crippen LogP contribution in [0.1, 0.15) is 69.0 Å². The third kappa shape index (κ3) is 3.96. The van der Waals surface area contributed by atoms with Crippen LogP contribution in [0, 0.1) is 11.8 Å². The molecule has 3 aromatic rings. The highest BCUT2D eigenvalue weighted by molar-refractivity contribution is 5.90. The number of piperidine rings is 3. The Hall–Kier alpha value is -2.72. The molecule has 1 unspecified atom stereocenters. The Morgan fingerprint density at radius 1 is 1.09 bits per heavy atom. The van der Waals surface area contributed by atoms with E-state index in [1.165, 1.54) is 30.4 Å². The van der Waals surface area contributed by atoms with E-state index in [1.807, 2.05) is 18.3 Å². The summed E-state index contributed by atoms with van der Waals surface area (Å²) >= 11 is 0. The lowest BCUT2D eigenvalue weighted by Gasteiger charge is -2.52. The van der Waals surface area contributed by atoms with Gasteiger partial charge in [-0.05, 0) is 67.3 Å². The third-order valence-electron chi connectivity index (χ3n) is 9.37. The molecule has 4 heterocycles. The number of hydrogen-bond acceptors (Lipinski definition) is 3. The molecule has 0 radical (unpaired) electrons. The number of hydrogen-bond donors (Lipinski definition) is 1. The van der Waals surface area contributed by atoms with Gasteiger partial charge < -0.3 is 5.32 Å². The van der Waals surface area contributed by atoms with E-state index in [4.69, 9.17) is 0 Å². The summed E-state index contributed by atoms with van der Waals surface area (Å²) < 4.78 is 0. The second-order valence-electron chi connectivity index (χ2n) is 11.0. The number of amides is 1. The Bertz CT molecular complexity index is 1180. The number of carbonyl (C=O) groups excluding carboxylic acids is 1. The summed E-state index contributed by atoms with van der Waals surface area (Å²) in [7, 11) is 0. The van der Waals surface area contributed by atoms with Crippen LogP contribution in [0.25, 0.3) is 10.9 Å². The number of nitrogens with one attached hydrogen (secondary N) is 1. The van der Waals surface area contributed by atoms with Gasteiger partial charge in [-0.3, -0.25) is 14.7 Å². The lowest BCUT2D eigenvalue weighted by Crippen LogP contribution is -2.58. The van der Waals surface area contributed by atoms with Crippen LogP contribution in [0.4, 0.5) is 0 Å². The lowest BCUT2D eigenvalue weighted by atomic mass is 9.71. The maximum atomic E-state index is 14.3. The van der Waals surface area contributed by atoms with E-state index in [1.54, 1.807) is 0 Å². The molecule has 3 aliphatic heterocycles. The first-order valence-electron chi connectivity index (χ1n) is 13.6. The van der Waals surface area contributed by atoms with Gasteiger partial charge in [-0.2, -0.15) is 0 Å². The number of para-hydroxylation sites is 1. The van der Waals surface area contributed by atoms with Crippen LogP contribution in [0.15, 0.2) is 66.9 Å². The van der Waals surface area contributed by atoms with Crippen molar-refractivity contribution in [2.75, 3.05) is 13.1 Å². The highest BCUT2D eigenvalue weighted by Crippen LogP contribution is 2.45. The minimum Gasteiger partial charge on any atom is -0.347 e. The Balaban J connectivity index is 1.40. The smallest absolute Gasteiger partial charge is 0.231 e. The number of benzene rings is 2. The number of carbonyl (C=O) groups is 1. The zero-order valence-corrected chi connectivity index (χ0v) is 20.8. The fraction of sp³-hybridized carbons (Fsp3) is 0.484. The van der Waals surface area contributed by atoms with Gasteiger partial charge in [0.1, 0.15) is 0 Å². The predicted molar refractivity (Wildman–Crippen MR) is 141 cm³/mol. The van der Waals surface area contributed by atoms with E-state index in [2.05, 4.69) is 70.7 Å². The molecule has 1 aromatic heterocycles. The van der Waals surface area contributed by atoms with E-state index < -0.39 is 5.41 Å². The molecule has 182 valence electrons. The predicted octanol–water partition coefficient (Wildman–Crippen LogP) is 6.02. The Morgan fingerprint density at radius 2 is 1.86 bits per heavy atom. The van der Waals surface area contributed by atoms with Gasteiger partial charge in [-0.15, -0.1) is 0 Å². The average Bonchev–Trinajstić information content (AvgIpc) is 3.43. The summed E-state index contributed by atoms with van der Waals surface area (Å²) in [5.74, 6) is 1.76. The molecule has 35 heavy (non-hydrogen) atoms. The molecule has 1 aliphatic carbocycles. The lowest BCUT2D eigenvalue weighted by molar-refractivity contribution is -0.128. The highest BCUT2D eigenvalue weighted by atomic mass is 16.2. The summed E-state index contributed by atoms with van der Waals surface area (Å²) in [5, 5.41) is 4.85. The molecular formula is C31H37N3O. The van der Waals surface area contributed by atoms with Crippen LogP contribution >= 0.6 is 0 Å². The van der Waals surface area contributed by atoms with E-state index in [0.717, 1.165) is 61.5 Å². The third-order valence-corrected chi connectivity index (χ3v) is 9.37. The molecule has 0 spiro atoms. The maximum absolute atomic E-state index is 14.3. The van der Waals surface area contributed by atoms with Crippen LogP contribution in [0.3, 0.4) is 0 Å². The van der Waals surface area contributed by atoms with Crippen molar-refractivity contribution in [2.45, 2.75) is 69.4 Å². The standard InChI is InChI=1S/C31H37N3O/c1-2-22-21-34-19-15-23(22)20-28(34)29(26-14-18-32-27-13-7-6-12-25(26)27)33-30(35)31(16-8-9-17-31)24-10-4-3-5-11-24/h3-7,10-14,18,22-23,28-29H,2,8-9,15-17,19-21H2,1H3,(H,33,35)/t22-,23+,28+,29+/m0/s1. The van der Waals surface area contributed by atoms with E-state index in [-0.39, 0.29) is 11.9 Å². The largest absolute Gasteiger partial charge is 0.347 e. The molecule has 2 bridgehead atoms. The zero-order valence-electron chi connectivity index (χ0n) is 20.8. The van der Waals surface area contributed by atoms with Crippen molar-refractivity contribution in [1.29, 1.82) is 0 Å². The first kappa shape index (κ1) is 22.7. The molecular weight excluding hydrogens is 430 g/mol. The van der Waals surface area contributed by atoms with Gasteiger partial charge in [0.25, 0.3) is 0 Å². The molecule has 7 rings (SSSR count).